The molecule has 1 aromatic heterocycles. The maximum atomic E-state index is 14.5. The number of methoxy groups -OCH3 is 1. The van der Waals surface area contributed by atoms with Crippen molar-refractivity contribution in [3.8, 4) is 11.8 Å². The normalized spacial score (nSPS) is 17.9. The number of aromatic nitrogens is 1. The summed E-state index contributed by atoms with van der Waals surface area (Å²) in [5, 5.41) is 49.6. The molecule has 0 unspecified atom stereocenters. The van der Waals surface area contributed by atoms with Gasteiger partial charge in [0.25, 0.3) is 11.8 Å². The van der Waals surface area contributed by atoms with Gasteiger partial charge in [0, 0.05) is 116 Å². The molecular weight excluding hydrogens is 1240 g/mol. The molecule has 0 aliphatic carbocycles. The van der Waals surface area contributed by atoms with Crippen molar-refractivity contribution in [2.45, 2.75) is 95.7 Å². The molecule has 3 aliphatic heterocycles. The average Bonchev–Trinajstić information content (AvgIpc) is 1.63. The van der Waals surface area contributed by atoms with E-state index in [1.165, 1.54) is 17.2 Å². The van der Waals surface area contributed by atoms with E-state index in [9.17, 15) is 77.3 Å². The fraction of sp³-hybridized carbons (Fsp3) is 0.578. The van der Waals surface area contributed by atoms with Gasteiger partial charge in [-0.1, -0.05) is 29.8 Å². The quantitative estimate of drug-likeness (QED) is 0.0202. The monoisotopic (exact) mass is 1330 g/mol. The number of likely N-dealkylation sites (tertiary alicyclic amines) is 1. The Kier molecular flexibility index (Phi) is 30.0. The van der Waals surface area contributed by atoms with Crippen LogP contribution in [0, 0.1) is 18.3 Å². The molecule has 3 fully saturated rings. The first-order valence-electron chi connectivity index (χ1n) is 31.8. The van der Waals surface area contributed by atoms with Crippen LogP contribution in [0.1, 0.15) is 79.8 Å². The van der Waals surface area contributed by atoms with Crippen LogP contribution in [0.5, 0.6) is 5.75 Å². The van der Waals surface area contributed by atoms with Crippen LogP contribution in [0.15, 0.2) is 59.7 Å². The molecule has 7 N–H and O–H groups in total. The summed E-state index contributed by atoms with van der Waals surface area (Å²) >= 11 is 0. The third-order valence-corrected chi connectivity index (χ3v) is 16.5. The van der Waals surface area contributed by atoms with Crippen molar-refractivity contribution in [1.82, 2.24) is 60.6 Å². The number of halogens is 2. The van der Waals surface area contributed by atoms with Gasteiger partial charge in [0.05, 0.1) is 82.4 Å². The molecule has 6 rings (SSSR count). The molecule has 3 atom stereocenters. The Bertz CT molecular complexity index is 3190. The predicted octanol–water partition coefficient (Wildman–Crippen LogP) is 0.682. The molecule has 2 aromatic carbocycles. The number of nitrogens with zero attached hydrogens (tertiary/aromatic N) is 10. The molecular formula is C64H88F2N14O15. The summed E-state index contributed by atoms with van der Waals surface area (Å²) < 4.78 is 39.0. The van der Waals surface area contributed by atoms with Gasteiger partial charge < -0.3 is 55.9 Å². The molecule has 0 saturated carbocycles. The van der Waals surface area contributed by atoms with Gasteiger partial charge in [0.1, 0.15) is 23.9 Å². The summed E-state index contributed by atoms with van der Waals surface area (Å²) in [5.74, 6) is -10.1. The number of nitrogens with one attached hydrogen (secondary N) is 4. The first-order valence-corrected chi connectivity index (χ1v) is 31.8. The lowest BCUT2D eigenvalue weighted by Crippen LogP contribution is -2.58. The number of fused-ring (bicyclic) bond motifs is 1. The van der Waals surface area contributed by atoms with Crippen LogP contribution in [0.4, 0.5) is 8.78 Å². The van der Waals surface area contributed by atoms with Gasteiger partial charge in [-0.2, -0.15) is 5.26 Å². The molecule has 6 amide bonds. The number of unbranched alkanes of at least 4 members (excludes halogenated alkanes) is 1. The lowest BCUT2D eigenvalue weighted by Gasteiger charge is -2.36. The first kappa shape index (κ1) is 75.2. The van der Waals surface area contributed by atoms with E-state index >= 15 is 0 Å². The van der Waals surface area contributed by atoms with Crippen molar-refractivity contribution >= 4 is 76.1 Å². The van der Waals surface area contributed by atoms with Crippen molar-refractivity contribution in [3.05, 3.63) is 71.4 Å². The number of aliphatic imine (C=N–C) groups is 1. The number of piperazine rings is 1. The maximum Gasteiger partial charge on any atom is 0.317 e. The van der Waals surface area contributed by atoms with Crippen molar-refractivity contribution in [2.24, 2.45) is 4.99 Å². The summed E-state index contributed by atoms with van der Waals surface area (Å²) in [6.07, 6.45) is 3.09. The summed E-state index contributed by atoms with van der Waals surface area (Å²) in [7, 11) is 1.15. The third kappa shape index (κ3) is 26.1. The van der Waals surface area contributed by atoms with Crippen LogP contribution in [0.2, 0.25) is 0 Å². The minimum Gasteiger partial charge on any atom is -0.494 e. The molecule has 29 nitrogen and oxygen atoms in total. The third-order valence-electron chi connectivity index (χ3n) is 16.5. The Hall–Kier alpha value is -8.83. The number of carboxylic acids is 3. The lowest BCUT2D eigenvalue weighted by atomic mass is 10.1. The molecule has 3 aliphatic rings. The van der Waals surface area contributed by atoms with Crippen LogP contribution in [-0.2, 0) is 54.3 Å². The van der Waals surface area contributed by atoms with Gasteiger partial charge in [-0.15, -0.1) is 0 Å². The molecule has 0 bridgehead atoms. The summed E-state index contributed by atoms with van der Waals surface area (Å²) in [6.45, 7) is 4.25. The Morgan fingerprint density at radius 1 is 0.737 bits per heavy atom. The maximum absolute atomic E-state index is 14.5. The van der Waals surface area contributed by atoms with Gasteiger partial charge >= 0.3 is 23.9 Å². The van der Waals surface area contributed by atoms with Crippen molar-refractivity contribution in [2.75, 3.05) is 145 Å². The molecule has 3 aromatic rings. The number of rotatable bonds is 31. The number of nitriles is 1. The number of carbonyl (C=O) groups excluding carboxylic acids is 7. The van der Waals surface area contributed by atoms with Crippen LogP contribution in [-0.4, -0.2) is 288 Å². The van der Waals surface area contributed by atoms with Crippen LogP contribution in [0.3, 0.4) is 0 Å². The second-order valence-corrected chi connectivity index (χ2v) is 23.9. The number of hydrogen-bond acceptors (Lipinski definition) is 20. The predicted molar refractivity (Wildman–Crippen MR) is 341 cm³/mol. The summed E-state index contributed by atoms with van der Waals surface area (Å²) in [4.78, 5) is 150. The minimum atomic E-state index is -3.21. The highest BCUT2D eigenvalue weighted by Crippen LogP contribution is 2.32. The Labute approximate surface area is 550 Å². The zero-order valence-electron chi connectivity index (χ0n) is 54.1. The van der Waals surface area contributed by atoms with Crippen LogP contribution >= 0.6 is 0 Å². The van der Waals surface area contributed by atoms with Crippen LogP contribution in [0.25, 0.3) is 10.9 Å². The number of benzene rings is 2. The average molecular weight is 1330 g/mol. The lowest BCUT2D eigenvalue weighted by molar-refractivity contribution is -0.147. The van der Waals surface area contributed by atoms with E-state index in [4.69, 9.17) is 9.47 Å². The van der Waals surface area contributed by atoms with E-state index in [1.54, 1.807) is 50.8 Å². The van der Waals surface area contributed by atoms with Gasteiger partial charge in [0.2, 0.25) is 29.5 Å². The van der Waals surface area contributed by atoms with Gasteiger partial charge in [0.15, 0.2) is 0 Å². The fourth-order valence-corrected chi connectivity index (χ4v) is 11.3. The number of amides is 6. The first-order chi connectivity index (χ1) is 45.4. The molecule has 4 heterocycles. The number of carboxylic acid groups (broad SMARTS) is 3. The minimum absolute atomic E-state index is 0.0458. The second-order valence-electron chi connectivity index (χ2n) is 23.9. The SMILES string of the molecule is COC(=O)C[C@H](NC(=O)[C@H](CCCCN=C(C)NC(=O)CCCc1ccc(C)cc1)NC(=O)CN1CCN(CC(=O)O)CCN(CC(=O)O)CCN(CC(=O)O)CC1)C(=O)N1CCN(CCCOc2ccc3nccc(C(=O)NCC(=O)N4CC(F)(F)C[C@@H]4C#N)c3c2)CC1. The highest BCUT2D eigenvalue weighted by molar-refractivity contribution is 6.07. The Morgan fingerprint density at radius 2 is 1.34 bits per heavy atom. The molecule has 31 heteroatoms. The van der Waals surface area contributed by atoms with E-state index in [0.717, 1.165) is 29.6 Å². The number of carbonyl (C=O) groups is 10. The smallest absolute Gasteiger partial charge is 0.317 e. The highest BCUT2D eigenvalue weighted by atomic mass is 19.3. The Balaban J connectivity index is 1.06. The Morgan fingerprint density at radius 3 is 1.93 bits per heavy atom. The van der Waals surface area contributed by atoms with Crippen LogP contribution < -0.4 is 26.0 Å². The van der Waals surface area contributed by atoms with E-state index in [1.807, 2.05) is 31.2 Å². The molecule has 0 radical (unpaired) electrons. The molecule has 3 saturated heterocycles. The van der Waals surface area contributed by atoms with E-state index in [2.05, 4.69) is 36.1 Å². The van der Waals surface area contributed by atoms with Gasteiger partial charge in [-0.05, 0) is 82.2 Å². The zero-order chi connectivity index (χ0) is 69.0. The number of amidine groups is 1. The fourth-order valence-electron chi connectivity index (χ4n) is 11.3. The molecule has 518 valence electrons. The van der Waals surface area contributed by atoms with E-state index < -0.39 is 103 Å². The zero-order valence-corrected chi connectivity index (χ0v) is 54.1. The number of ether oxygens (including phenoxy) is 2. The van der Waals surface area contributed by atoms with Gasteiger partial charge in [-0.3, -0.25) is 82.4 Å². The second kappa shape index (κ2) is 37.9. The number of pyridine rings is 1. The van der Waals surface area contributed by atoms with Crippen molar-refractivity contribution in [1.29, 1.82) is 5.26 Å². The summed E-state index contributed by atoms with van der Waals surface area (Å²) in [6, 6.07) is 12.3. The number of esters is 1. The number of hydrogen-bond donors (Lipinski definition) is 7. The van der Waals surface area contributed by atoms with Crippen molar-refractivity contribution < 1.29 is 81.5 Å². The number of aryl methyl sites for hydroxylation is 2. The van der Waals surface area contributed by atoms with E-state index in [0.29, 0.717) is 74.2 Å². The van der Waals surface area contributed by atoms with E-state index in [-0.39, 0.29) is 123 Å². The largest absolute Gasteiger partial charge is 0.494 e. The van der Waals surface area contributed by atoms with Crippen molar-refractivity contribution in [3.63, 3.8) is 0 Å². The molecule has 95 heavy (non-hydrogen) atoms. The van der Waals surface area contributed by atoms with Gasteiger partial charge in [-0.25, -0.2) is 8.78 Å². The number of alkyl halides is 2. The topological polar surface area (TPSA) is 370 Å². The molecule has 0 spiro atoms. The number of aliphatic carboxylic acids is 3. The standard InChI is InChI=1S/C64H88F2N14O15/c1-44-11-13-46(14-12-44)8-6-10-54(81)71-45(2)68-18-5-4-9-52(72-55(82)39-75-21-23-76(40-57(84)85)25-27-78(42-59(88)89)28-26-77(24-22-75)41-58(86)87)62(92)73-53(35-60(90)94-3)63(93)79-31-29-74(30-32-79)20-7-33-95-48-15-16-51-50(34-48)49(17-19-69-51)61(91)70-38-56(83)80-43-64(65,66)36-47(80)37-67/h11-17,19,34,47,52-53H,4-10,18,20-33,35-36,38-43H2,1-3H3,(H,70,91)(H,72,82)(H,73,92)(H,84,85)(H,86,87)(H,88,89)(H,68,71,81)/t47-,52+,53+/m1/s1. The summed E-state index contributed by atoms with van der Waals surface area (Å²) in [5.41, 5.74) is 2.88. The highest BCUT2D eigenvalue weighted by Gasteiger charge is 2.47.